The summed E-state index contributed by atoms with van der Waals surface area (Å²) < 4.78 is 5.01. The molecule has 0 fully saturated rings. The van der Waals surface area contributed by atoms with E-state index in [2.05, 4.69) is 5.32 Å². The summed E-state index contributed by atoms with van der Waals surface area (Å²) in [5.74, 6) is -0.252. The molecule has 0 radical (unpaired) electrons. The van der Waals surface area contributed by atoms with Gasteiger partial charge >= 0.3 is 5.97 Å². The molecule has 5 heteroatoms. The number of nitrogens with two attached hydrogens (primary N) is 1. The molecular weight excluding hydrogens is 208 g/mol. The number of hydrogen-bond acceptors (Lipinski definition) is 4. The van der Waals surface area contributed by atoms with Crippen LogP contribution in [0.3, 0.4) is 0 Å². The van der Waals surface area contributed by atoms with E-state index in [4.69, 9.17) is 15.6 Å². The molecule has 1 rings (SSSR count). The van der Waals surface area contributed by atoms with E-state index in [1.54, 1.807) is 38.4 Å². The average molecular weight is 224 g/mol. The van der Waals surface area contributed by atoms with Gasteiger partial charge in [-0.15, -0.1) is 0 Å². The Kier molecular flexibility index (Phi) is 4.28. The second-order valence-corrected chi connectivity index (χ2v) is 3.40. The number of carboxylic acids is 1. The monoisotopic (exact) mass is 224 g/mol. The van der Waals surface area contributed by atoms with Crippen molar-refractivity contribution in [1.82, 2.24) is 5.32 Å². The zero-order chi connectivity index (χ0) is 12.1. The molecule has 0 aromatic heterocycles. The van der Waals surface area contributed by atoms with Crippen LogP contribution in [0.15, 0.2) is 24.3 Å². The van der Waals surface area contributed by atoms with Crippen molar-refractivity contribution >= 4 is 5.97 Å². The Morgan fingerprint density at radius 2 is 2.00 bits per heavy atom. The van der Waals surface area contributed by atoms with Gasteiger partial charge in [0.2, 0.25) is 0 Å². The maximum Gasteiger partial charge on any atom is 0.322 e. The zero-order valence-electron chi connectivity index (χ0n) is 9.31. The van der Waals surface area contributed by atoms with E-state index < -0.39 is 18.1 Å². The van der Waals surface area contributed by atoms with E-state index in [1.807, 2.05) is 0 Å². The molecule has 0 saturated carbocycles. The number of benzene rings is 1. The van der Waals surface area contributed by atoms with Crippen LogP contribution in [0, 0.1) is 0 Å². The molecule has 2 atom stereocenters. The van der Waals surface area contributed by atoms with Crippen molar-refractivity contribution in [3.63, 3.8) is 0 Å². The van der Waals surface area contributed by atoms with Gasteiger partial charge in [0.15, 0.2) is 0 Å². The number of aliphatic carboxylic acids is 1. The molecule has 0 saturated heterocycles. The Hall–Kier alpha value is -1.59. The molecule has 88 valence electrons. The summed E-state index contributed by atoms with van der Waals surface area (Å²) in [5, 5.41) is 11.6. The maximum atomic E-state index is 10.9. The molecule has 2 unspecified atom stereocenters. The maximum absolute atomic E-state index is 10.9. The van der Waals surface area contributed by atoms with Crippen LogP contribution in [0.5, 0.6) is 5.75 Å². The second kappa shape index (κ2) is 5.48. The van der Waals surface area contributed by atoms with Gasteiger partial charge in [-0.25, -0.2) is 0 Å². The summed E-state index contributed by atoms with van der Waals surface area (Å²) >= 11 is 0. The van der Waals surface area contributed by atoms with Crippen molar-refractivity contribution in [2.45, 2.75) is 12.1 Å². The molecule has 0 aliphatic carbocycles. The van der Waals surface area contributed by atoms with Gasteiger partial charge < -0.3 is 20.9 Å². The van der Waals surface area contributed by atoms with Crippen LogP contribution in [-0.4, -0.2) is 31.3 Å². The molecule has 4 N–H and O–H groups in total. The number of rotatable bonds is 5. The first-order valence-electron chi connectivity index (χ1n) is 4.89. The molecular formula is C11H16N2O3. The number of ether oxygens (including phenoxy) is 1. The fourth-order valence-electron chi connectivity index (χ4n) is 1.48. The minimum absolute atomic E-state index is 0.589. The Morgan fingerprint density at radius 3 is 2.38 bits per heavy atom. The normalized spacial score (nSPS) is 14.2. The zero-order valence-corrected chi connectivity index (χ0v) is 9.31. The second-order valence-electron chi connectivity index (χ2n) is 3.40. The number of carboxylic acid groups (broad SMARTS) is 1. The predicted molar refractivity (Wildman–Crippen MR) is 60.4 cm³/mol. The van der Waals surface area contributed by atoms with Gasteiger partial charge in [-0.1, -0.05) is 12.1 Å². The lowest BCUT2D eigenvalue weighted by atomic mass is 10.0. The van der Waals surface area contributed by atoms with Crippen LogP contribution in [0.2, 0.25) is 0 Å². The van der Waals surface area contributed by atoms with Crippen LogP contribution < -0.4 is 15.8 Å². The summed E-state index contributed by atoms with van der Waals surface area (Å²) in [6.07, 6.45) is 0. The number of methoxy groups -OCH3 is 1. The smallest absolute Gasteiger partial charge is 0.322 e. The molecule has 1 aromatic rings. The third-order valence-corrected chi connectivity index (χ3v) is 2.44. The summed E-state index contributed by atoms with van der Waals surface area (Å²) in [7, 11) is 3.14. The van der Waals surface area contributed by atoms with Crippen molar-refractivity contribution in [1.29, 1.82) is 0 Å². The number of nitrogens with one attached hydrogen (secondary N) is 1. The van der Waals surface area contributed by atoms with Gasteiger partial charge in [0.1, 0.15) is 11.8 Å². The van der Waals surface area contributed by atoms with Crippen LogP contribution in [0.25, 0.3) is 0 Å². The van der Waals surface area contributed by atoms with Crippen LogP contribution in [-0.2, 0) is 4.79 Å². The summed E-state index contributed by atoms with van der Waals surface area (Å²) in [6.45, 7) is 0. The van der Waals surface area contributed by atoms with Gasteiger partial charge in [0.25, 0.3) is 0 Å². The van der Waals surface area contributed by atoms with E-state index in [0.29, 0.717) is 5.75 Å². The Bertz CT molecular complexity index is 351. The van der Waals surface area contributed by atoms with Crippen molar-refractivity contribution in [2.24, 2.45) is 5.73 Å². The minimum Gasteiger partial charge on any atom is -0.497 e. The van der Waals surface area contributed by atoms with E-state index in [-0.39, 0.29) is 0 Å². The number of carbonyl (C=O) groups is 1. The largest absolute Gasteiger partial charge is 0.497 e. The Morgan fingerprint density at radius 1 is 1.44 bits per heavy atom. The molecule has 0 amide bonds. The lowest BCUT2D eigenvalue weighted by Gasteiger charge is -2.19. The third kappa shape index (κ3) is 2.71. The van der Waals surface area contributed by atoms with Gasteiger partial charge in [0.05, 0.1) is 13.2 Å². The molecule has 0 aliphatic heterocycles. The molecule has 1 aromatic carbocycles. The van der Waals surface area contributed by atoms with Crippen LogP contribution in [0.1, 0.15) is 11.6 Å². The van der Waals surface area contributed by atoms with E-state index in [1.165, 1.54) is 0 Å². The Labute approximate surface area is 94.2 Å². The van der Waals surface area contributed by atoms with Gasteiger partial charge in [0, 0.05) is 0 Å². The summed E-state index contributed by atoms with van der Waals surface area (Å²) in [6, 6.07) is 5.64. The third-order valence-electron chi connectivity index (χ3n) is 2.44. The Balaban J connectivity index is 2.86. The van der Waals surface area contributed by atoms with Gasteiger partial charge in [-0.05, 0) is 24.7 Å². The molecule has 0 heterocycles. The highest BCUT2D eigenvalue weighted by Gasteiger charge is 2.24. The lowest BCUT2D eigenvalue weighted by molar-refractivity contribution is -0.139. The highest BCUT2D eigenvalue weighted by Crippen LogP contribution is 2.18. The fourth-order valence-corrected chi connectivity index (χ4v) is 1.48. The van der Waals surface area contributed by atoms with Crippen LogP contribution in [0.4, 0.5) is 0 Å². The van der Waals surface area contributed by atoms with E-state index in [9.17, 15) is 4.79 Å². The molecule has 0 bridgehead atoms. The average Bonchev–Trinajstić information content (AvgIpc) is 2.29. The van der Waals surface area contributed by atoms with Gasteiger partial charge in [-0.2, -0.15) is 0 Å². The van der Waals surface area contributed by atoms with E-state index in [0.717, 1.165) is 5.56 Å². The van der Waals surface area contributed by atoms with Crippen molar-refractivity contribution in [3.8, 4) is 5.75 Å². The topological polar surface area (TPSA) is 84.6 Å². The summed E-state index contributed by atoms with van der Waals surface area (Å²) in [4.78, 5) is 10.9. The first-order chi connectivity index (χ1) is 7.60. The quantitative estimate of drug-likeness (QED) is 0.672. The molecule has 0 aliphatic rings. The minimum atomic E-state index is -0.967. The first kappa shape index (κ1) is 12.5. The van der Waals surface area contributed by atoms with Crippen molar-refractivity contribution < 1.29 is 14.6 Å². The predicted octanol–water partition coefficient (Wildman–Crippen LogP) is 0.368. The highest BCUT2D eigenvalue weighted by atomic mass is 16.5. The first-order valence-corrected chi connectivity index (χ1v) is 4.89. The highest BCUT2D eigenvalue weighted by molar-refractivity contribution is 5.74. The van der Waals surface area contributed by atoms with E-state index >= 15 is 0 Å². The van der Waals surface area contributed by atoms with Crippen LogP contribution >= 0.6 is 0 Å². The SMILES string of the molecule is CNC(C(=O)O)C(N)c1ccc(OC)cc1. The van der Waals surface area contributed by atoms with Crippen molar-refractivity contribution in [3.05, 3.63) is 29.8 Å². The van der Waals surface area contributed by atoms with Crippen molar-refractivity contribution in [2.75, 3.05) is 14.2 Å². The summed E-state index contributed by atoms with van der Waals surface area (Å²) in [5.41, 5.74) is 6.61. The molecule has 0 spiro atoms. The number of hydrogen-bond donors (Lipinski definition) is 3. The molecule has 5 nitrogen and oxygen atoms in total. The fraction of sp³-hybridized carbons (Fsp3) is 0.364. The lowest BCUT2D eigenvalue weighted by Crippen LogP contribution is -2.43. The standard InChI is InChI=1S/C11H16N2O3/c1-13-10(11(14)15)9(12)7-3-5-8(16-2)6-4-7/h3-6,9-10,13H,12H2,1-2H3,(H,14,15). The number of likely N-dealkylation sites (N-methyl/N-ethyl adjacent to an activating group) is 1. The van der Waals surface area contributed by atoms with Gasteiger partial charge in [-0.3, -0.25) is 4.79 Å². The molecule has 16 heavy (non-hydrogen) atoms.